The Kier molecular flexibility index (Phi) is 8.00. The zero-order valence-corrected chi connectivity index (χ0v) is 21.9. The number of benzene rings is 2. The molecule has 2 aromatic carbocycles. The number of anilines is 2. The molecule has 0 aromatic heterocycles. The molecule has 0 aliphatic heterocycles. The van der Waals surface area contributed by atoms with Gasteiger partial charge in [-0.3, -0.25) is 0 Å². The van der Waals surface area contributed by atoms with Crippen molar-refractivity contribution in [2.45, 2.75) is 35.1 Å². The van der Waals surface area contributed by atoms with Crippen LogP contribution >= 0.6 is 0 Å². The summed E-state index contributed by atoms with van der Waals surface area (Å²) in [4.78, 5) is 24.2. The molecule has 2 aliphatic carbocycles. The van der Waals surface area contributed by atoms with Crippen LogP contribution in [0.4, 0.5) is 28.9 Å². The van der Waals surface area contributed by atoms with Crippen LogP contribution in [0, 0.1) is 23.3 Å². The molecule has 2 amide bonds. The Labute approximate surface area is 216 Å². The molecule has 0 saturated heterocycles. The van der Waals surface area contributed by atoms with Crippen LogP contribution in [0.15, 0.2) is 72.9 Å². The molecule has 2 aromatic rings. The molecule has 4 rings (SSSR count). The summed E-state index contributed by atoms with van der Waals surface area (Å²) >= 11 is -4.97. The van der Waals surface area contributed by atoms with Crippen LogP contribution < -0.4 is 18.4 Å². The molecule has 0 spiro atoms. The van der Waals surface area contributed by atoms with E-state index >= 15 is 17.6 Å². The zero-order chi connectivity index (χ0) is 26.7. The van der Waals surface area contributed by atoms with Crippen molar-refractivity contribution in [1.29, 1.82) is 0 Å². The van der Waals surface area contributed by atoms with Crippen LogP contribution in [0.3, 0.4) is 0 Å². The maximum atomic E-state index is 16.3. The van der Waals surface area contributed by atoms with Crippen molar-refractivity contribution in [2.75, 3.05) is 10.6 Å². The second-order valence-electron chi connectivity index (χ2n) is 8.83. The van der Waals surface area contributed by atoms with Gasteiger partial charge in [-0.05, 0) is 0 Å². The quantitative estimate of drug-likeness (QED) is 0.321. The minimum absolute atomic E-state index is 0.0589. The molecular formula is C28H26F4N2O2Ti. The van der Waals surface area contributed by atoms with Gasteiger partial charge in [0.2, 0.25) is 0 Å². The molecule has 37 heavy (non-hydrogen) atoms. The fourth-order valence-corrected chi connectivity index (χ4v) is 13.8. The van der Waals surface area contributed by atoms with E-state index in [-0.39, 0.29) is 24.2 Å². The first-order chi connectivity index (χ1) is 17.7. The predicted octanol–water partition coefficient (Wildman–Crippen LogP) is 5.87. The van der Waals surface area contributed by atoms with Gasteiger partial charge >= 0.3 is 217 Å². The Balaban J connectivity index is 2.12. The molecule has 0 radical (unpaired) electrons. The normalized spacial score (nSPS) is 15.1. The van der Waals surface area contributed by atoms with E-state index in [0.717, 1.165) is 24.3 Å². The van der Waals surface area contributed by atoms with E-state index in [2.05, 4.69) is 10.6 Å². The van der Waals surface area contributed by atoms with Gasteiger partial charge in [-0.15, -0.1) is 0 Å². The first-order valence-electron chi connectivity index (χ1n) is 12.0. The third kappa shape index (κ3) is 4.76. The number of nitrogens with one attached hydrogen (secondary N) is 2. The Hall–Kier alpha value is -3.23. The summed E-state index contributed by atoms with van der Waals surface area (Å²) < 4.78 is 62.1. The molecule has 0 bridgehead atoms. The summed E-state index contributed by atoms with van der Waals surface area (Å²) in [7, 11) is 0. The molecule has 192 valence electrons. The Morgan fingerprint density at radius 3 is 1.35 bits per heavy atom. The number of amides is 2. The topological polar surface area (TPSA) is 58.2 Å². The van der Waals surface area contributed by atoms with Gasteiger partial charge in [0, 0.05) is 0 Å². The van der Waals surface area contributed by atoms with Gasteiger partial charge in [0.1, 0.15) is 0 Å². The third-order valence-corrected chi connectivity index (χ3v) is 15.2. The van der Waals surface area contributed by atoms with Gasteiger partial charge in [-0.2, -0.15) is 0 Å². The van der Waals surface area contributed by atoms with Gasteiger partial charge in [0.05, 0.1) is 0 Å². The van der Waals surface area contributed by atoms with E-state index in [9.17, 15) is 9.59 Å². The van der Waals surface area contributed by atoms with E-state index in [4.69, 9.17) is 0 Å². The van der Waals surface area contributed by atoms with Crippen LogP contribution in [0.5, 0.6) is 0 Å². The number of rotatable bonds is 8. The van der Waals surface area contributed by atoms with Crippen molar-refractivity contribution in [3.8, 4) is 0 Å². The summed E-state index contributed by atoms with van der Waals surface area (Å²) in [5.41, 5.74) is -0.516. The van der Waals surface area contributed by atoms with Gasteiger partial charge in [-0.25, -0.2) is 0 Å². The Morgan fingerprint density at radius 1 is 0.676 bits per heavy atom. The first kappa shape index (κ1) is 26.8. The van der Waals surface area contributed by atoms with Crippen LogP contribution in [-0.2, 0) is 26.2 Å². The molecule has 0 saturated carbocycles. The predicted molar refractivity (Wildman–Crippen MR) is 134 cm³/mol. The molecule has 2 N–H and O–H groups in total. The number of hydrogen-bond donors (Lipinski definition) is 2. The number of allylic oxidation sites excluding steroid dienone is 8. The number of carbonyl (C=O) groups is 2. The molecule has 2 aliphatic rings. The first-order valence-corrected chi connectivity index (χ1v) is 15.4. The molecule has 0 fully saturated rings. The fraction of sp³-hybridized carbons (Fsp3) is 0.214. The summed E-state index contributed by atoms with van der Waals surface area (Å²) in [6.07, 6.45) is 13.7. The van der Waals surface area contributed by atoms with E-state index in [1.165, 1.54) is 0 Å². The maximum absolute atomic E-state index is 16.3. The van der Waals surface area contributed by atoms with Gasteiger partial charge in [-0.1, -0.05) is 0 Å². The summed E-state index contributed by atoms with van der Waals surface area (Å²) in [5, 5.41) is 4.88. The van der Waals surface area contributed by atoms with E-state index < -0.39 is 67.9 Å². The van der Waals surface area contributed by atoms with Crippen molar-refractivity contribution < 1.29 is 43.7 Å². The molecule has 0 atom stereocenters. The molecule has 4 nitrogen and oxygen atoms in total. The van der Waals surface area contributed by atoms with Crippen molar-refractivity contribution in [2.24, 2.45) is 0 Å². The van der Waals surface area contributed by atoms with Crippen molar-refractivity contribution in [1.82, 2.24) is 0 Å². The van der Waals surface area contributed by atoms with Gasteiger partial charge < -0.3 is 0 Å². The number of carbonyl (C=O) groups excluding carboxylic acids is 2. The fourth-order valence-electron chi connectivity index (χ4n) is 5.02. The zero-order valence-electron chi connectivity index (χ0n) is 20.3. The SMILES string of the molecule is CCC(=O)Nc1ccc(F)[c]([Ti]([c]2c(F)ccc(NC(=O)CC)c2F)([CH]2C=CC=C2)[CH]2C=CC=C2)c1F. The van der Waals surface area contributed by atoms with Crippen LogP contribution in [0.1, 0.15) is 26.7 Å². The number of halogens is 4. The van der Waals surface area contributed by atoms with E-state index in [0.29, 0.717) is 0 Å². The second-order valence-corrected chi connectivity index (χ2v) is 15.2. The third-order valence-electron chi connectivity index (χ3n) is 6.75. The van der Waals surface area contributed by atoms with Crippen molar-refractivity contribution in [3.05, 3.63) is 96.1 Å². The molecule has 0 unspecified atom stereocenters. The summed E-state index contributed by atoms with van der Waals surface area (Å²) in [6, 6.07) is 4.26. The summed E-state index contributed by atoms with van der Waals surface area (Å²) in [5.74, 6) is -4.97. The molecular weight excluding hydrogens is 520 g/mol. The molecule has 9 heteroatoms. The second kappa shape index (κ2) is 11.0. The Bertz CT molecular complexity index is 1240. The molecule has 0 heterocycles. The van der Waals surface area contributed by atoms with E-state index in [1.807, 2.05) is 0 Å². The minimum atomic E-state index is -4.97. The van der Waals surface area contributed by atoms with Crippen molar-refractivity contribution >= 4 is 30.9 Å². The van der Waals surface area contributed by atoms with Gasteiger partial charge in [0.15, 0.2) is 0 Å². The average molecular weight is 546 g/mol. The standard InChI is InChI=1S/2C9H8F2NO.2C5H5.Ti/c2*1-2-9(13)12-8-4-3-6(10)5-7(8)11;2*1-2-4-5-3-1;/h2*3-4H,2H2,1H3,(H,12,13);2*1-5H;. The monoisotopic (exact) mass is 546 g/mol. The van der Waals surface area contributed by atoms with Crippen LogP contribution in [0.25, 0.3) is 0 Å². The average Bonchev–Trinajstić information content (AvgIpc) is 3.61. The van der Waals surface area contributed by atoms with E-state index in [1.54, 1.807) is 62.5 Å². The van der Waals surface area contributed by atoms with Crippen LogP contribution in [0.2, 0.25) is 8.45 Å². The van der Waals surface area contributed by atoms with Crippen LogP contribution in [-0.4, -0.2) is 11.8 Å². The Morgan fingerprint density at radius 2 is 1.03 bits per heavy atom. The summed E-state index contributed by atoms with van der Waals surface area (Å²) in [6.45, 7) is 3.17. The van der Waals surface area contributed by atoms with Crippen molar-refractivity contribution in [3.63, 3.8) is 0 Å². The van der Waals surface area contributed by atoms with Gasteiger partial charge in [0.25, 0.3) is 0 Å². The number of hydrogen-bond acceptors (Lipinski definition) is 2.